The van der Waals surface area contributed by atoms with E-state index in [1.54, 1.807) is 35.8 Å². The summed E-state index contributed by atoms with van der Waals surface area (Å²) in [6.45, 7) is 6.86. The largest absolute Gasteiger partial charge is 0.339 e. The summed E-state index contributed by atoms with van der Waals surface area (Å²) in [7, 11) is -3.64. The van der Waals surface area contributed by atoms with Crippen molar-refractivity contribution in [2.24, 2.45) is 0 Å². The maximum Gasteiger partial charge on any atom is 0.254 e. The number of benzene rings is 1. The lowest BCUT2D eigenvalue weighted by atomic mass is 10.2. The third kappa shape index (κ3) is 4.33. The van der Waals surface area contributed by atoms with Crippen molar-refractivity contribution < 1.29 is 18.0 Å². The van der Waals surface area contributed by atoms with Gasteiger partial charge in [0.1, 0.15) is 0 Å². The summed E-state index contributed by atoms with van der Waals surface area (Å²) in [5.41, 5.74) is 0.331. The highest BCUT2D eigenvalue weighted by atomic mass is 32.2. The van der Waals surface area contributed by atoms with Gasteiger partial charge in [-0.2, -0.15) is 0 Å². The zero-order valence-electron chi connectivity index (χ0n) is 14.2. The predicted molar refractivity (Wildman–Crippen MR) is 90.1 cm³/mol. The van der Waals surface area contributed by atoms with E-state index in [0.29, 0.717) is 31.7 Å². The van der Waals surface area contributed by atoms with Crippen molar-refractivity contribution in [1.29, 1.82) is 0 Å². The quantitative estimate of drug-likeness (QED) is 0.862. The van der Waals surface area contributed by atoms with E-state index in [4.69, 9.17) is 0 Å². The lowest BCUT2D eigenvalue weighted by molar-refractivity contribution is -0.130. The van der Waals surface area contributed by atoms with E-state index in [1.165, 1.54) is 19.1 Å². The Morgan fingerprint density at radius 2 is 1.67 bits per heavy atom. The molecule has 1 aromatic carbocycles. The van der Waals surface area contributed by atoms with Gasteiger partial charge in [-0.3, -0.25) is 9.59 Å². The number of hydrogen-bond donors (Lipinski definition) is 1. The van der Waals surface area contributed by atoms with Crippen LogP contribution in [0.2, 0.25) is 0 Å². The molecule has 1 N–H and O–H groups in total. The standard InChI is InChI=1S/C16H23N3O4S/c1-12(2)17-24(22,23)15-6-4-5-14(11-15)16(21)19-9-7-18(8-10-19)13(3)20/h4-6,11-12,17H,7-10H2,1-3H3. The Balaban J connectivity index is 2.14. The van der Waals surface area contributed by atoms with E-state index in [0.717, 1.165) is 0 Å². The number of piperazine rings is 1. The highest BCUT2D eigenvalue weighted by Crippen LogP contribution is 2.15. The summed E-state index contributed by atoms with van der Waals surface area (Å²) in [6, 6.07) is 5.80. The molecule has 1 aliphatic heterocycles. The second kappa shape index (κ2) is 7.31. The van der Waals surface area contributed by atoms with Crippen LogP contribution in [0.3, 0.4) is 0 Å². The van der Waals surface area contributed by atoms with Gasteiger partial charge in [-0.25, -0.2) is 13.1 Å². The summed E-state index contributed by atoms with van der Waals surface area (Å²) in [6.07, 6.45) is 0. The van der Waals surface area contributed by atoms with Crippen molar-refractivity contribution in [1.82, 2.24) is 14.5 Å². The third-order valence-corrected chi connectivity index (χ3v) is 5.45. The van der Waals surface area contributed by atoms with Crippen molar-refractivity contribution in [3.05, 3.63) is 29.8 Å². The van der Waals surface area contributed by atoms with E-state index in [-0.39, 0.29) is 22.8 Å². The molecule has 2 amide bonds. The van der Waals surface area contributed by atoms with Crippen molar-refractivity contribution in [3.63, 3.8) is 0 Å². The van der Waals surface area contributed by atoms with Crippen LogP contribution in [0, 0.1) is 0 Å². The molecule has 0 saturated carbocycles. The van der Waals surface area contributed by atoms with Crippen molar-refractivity contribution in [2.75, 3.05) is 26.2 Å². The number of carbonyl (C=O) groups is 2. The van der Waals surface area contributed by atoms with Gasteiger partial charge in [0.25, 0.3) is 5.91 Å². The minimum absolute atomic E-state index is 0.00468. The summed E-state index contributed by atoms with van der Waals surface area (Å²) in [5, 5.41) is 0. The zero-order valence-corrected chi connectivity index (χ0v) is 15.0. The first-order valence-corrected chi connectivity index (χ1v) is 9.36. The fourth-order valence-electron chi connectivity index (χ4n) is 2.58. The third-order valence-electron chi connectivity index (χ3n) is 3.79. The summed E-state index contributed by atoms with van der Waals surface area (Å²) >= 11 is 0. The first-order valence-electron chi connectivity index (χ1n) is 7.88. The van der Waals surface area contributed by atoms with Gasteiger partial charge >= 0.3 is 0 Å². The minimum Gasteiger partial charge on any atom is -0.339 e. The SMILES string of the molecule is CC(=O)N1CCN(C(=O)c2cccc(S(=O)(=O)NC(C)C)c2)CC1. The normalized spacial score (nSPS) is 15.7. The molecular formula is C16H23N3O4S. The Kier molecular flexibility index (Phi) is 5.61. The van der Waals surface area contributed by atoms with E-state index in [2.05, 4.69) is 4.72 Å². The lowest BCUT2D eigenvalue weighted by Crippen LogP contribution is -2.50. The van der Waals surface area contributed by atoms with Crippen LogP contribution in [0.4, 0.5) is 0 Å². The molecule has 0 aromatic heterocycles. The molecule has 1 heterocycles. The first kappa shape index (κ1) is 18.4. The van der Waals surface area contributed by atoms with Crippen LogP contribution in [-0.4, -0.2) is 62.3 Å². The average molecular weight is 353 g/mol. The number of amides is 2. The molecule has 2 rings (SSSR count). The number of nitrogens with zero attached hydrogens (tertiary/aromatic N) is 2. The van der Waals surface area contributed by atoms with Crippen molar-refractivity contribution >= 4 is 21.8 Å². The molecule has 132 valence electrons. The molecule has 0 unspecified atom stereocenters. The van der Waals surface area contributed by atoms with Gasteiger partial charge < -0.3 is 9.80 Å². The van der Waals surface area contributed by atoms with Gasteiger partial charge in [-0.1, -0.05) is 6.07 Å². The van der Waals surface area contributed by atoms with Crippen LogP contribution >= 0.6 is 0 Å². The second-order valence-corrected chi connectivity index (χ2v) is 7.82. The predicted octanol–water partition coefficient (Wildman–Crippen LogP) is 0.678. The number of hydrogen-bond acceptors (Lipinski definition) is 4. The highest BCUT2D eigenvalue weighted by Gasteiger charge is 2.24. The molecule has 7 nitrogen and oxygen atoms in total. The topological polar surface area (TPSA) is 86.8 Å². The molecule has 8 heteroatoms. The Hall–Kier alpha value is -1.93. The van der Waals surface area contributed by atoms with Gasteiger partial charge in [-0.05, 0) is 32.0 Å². The van der Waals surface area contributed by atoms with E-state index in [1.807, 2.05) is 0 Å². The van der Waals surface area contributed by atoms with E-state index < -0.39 is 10.0 Å². The van der Waals surface area contributed by atoms with Crippen LogP contribution in [0.25, 0.3) is 0 Å². The first-order chi connectivity index (χ1) is 11.2. The Labute approximate surface area is 142 Å². The van der Waals surface area contributed by atoms with Gasteiger partial charge in [0.2, 0.25) is 15.9 Å². The molecule has 0 aliphatic carbocycles. The van der Waals surface area contributed by atoms with Gasteiger partial charge in [-0.15, -0.1) is 0 Å². The summed E-state index contributed by atoms with van der Waals surface area (Å²) in [5.74, 6) is -0.227. The molecule has 1 fully saturated rings. The maximum atomic E-state index is 12.6. The molecule has 1 saturated heterocycles. The Bertz CT molecular complexity index is 723. The summed E-state index contributed by atoms with van der Waals surface area (Å²) in [4.78, 5) is 27.3. The lowest BCUT2D eigenvalue weighted by Gasteiger charge is -2.34. The fourth-order valence-corrected chi connectivity index (χ4v) is 3.88. The van der Waals surface area contributed by atoms with Crippen LogP contribution in [0.15, 0.2) is 29.2 Å². The molecule has 0 atom stereocenters. The Morgan fingerprint density at radius 3 is 2.21 bits per heavy atom. The zero-order chi connectivity index (χ0) is 17.9. The number of rotatable bonds is 4. The van der Waals surface area contributed by atoms with Crippen LogP contribution in [0.1, 0.15) is 31.1 Å². The Morgan fingerprint density at radius 1 is 1.08 bits per heavy atom. The molecule has 0 spiro atoms. The molecule has 1 aromatic rings. The highest BCUT2D eigenvalue weighted by molar-refractivity contribution is 7.89. The van der Waals surface area contributed by atoms with E-state index >= 15 is 0 Å². The maximum absolute atomic E-state index is 12.6. The summed E-state index contributed by atoms with van der Waals surface area (Å²) < 4.78 is 27.0. The fraction of sp³-hybridized carbons (Fsp3) is 0.500. The molecule has 24 heavy (non-hydrogen) atoms. The van der Waals surface area contributed by atoms with Crippen LogP contribution < -0.4 is 4.72 Å². The molecule has 0 bridgehead atoms. The van der Waals surface area contributed by atoms with Crippen LogP contribution in [-0.2, 0) is 14.8 Å². The minimum atomic E-state index is -3.64. The number of carbonyl (C=O) groups excluding carboxylic acids is 2. The van der Waals surface area contributed by atoms with Gasteiger partial charge in [0.05, 0.1) is 4.90 Å². The monoisotopic (exact) mass is 353 g/mol. The van der Waals surface area contributed by atoms with E-state index in [9.17, 15) is 18.0 Å². The average Bonchev–Trinajstić information content (AvgIpc) is 2.53. The molecular weight excluding hydrogens is 330 g/mol. The smallest absolute Gasteiger partial charge is 0.254 e. The van der Waals surface area contributed by atoms with Crippen molar-refractivity contribution in [3.8, 4) is 0 Å². The van der Waals surface area contributed by atoms with Crippen LogP contribution in [0.5, 0.6) is 0 Å². The molecule has 1 aliphatic rings. The number of sulfonamides is 1. The number of nitrogens with one attached hydrogen (secondary N) is 1. The van der Waals surface area contributed by atoms with Gasteiger partial charge in [0, 0.05) is 44.7 Å². The molecule has 0 radical (unpaired) electrons. The van der Waals surface area contributed by atoms with Gasteiger partial charge in [0.15, 0.2) is 0 Å². The van der Waals surface area contributed by atoms with Crippen molar-refractivity contribution in [2.45, 2.75) is 31.7 Å². The second-order valence-electron chi connectivity index (χ2n) is 6.10.